The molecule has 0 aromatic heterocycles. The molecule has 0 atom stereocenters. The minimum atomic E-state index is -5.79. The fourth-order valence-corrected chi connectivity index (χ4v) is 5.52. The van der Waals surface area contributed by atoms with Crippen LogP contribution in [0.25, 0.3) is 0 Å². The number of hydrogen-bond donors (Lipinski definition) is 1. The predicted molar refractivity (Wildman–Crippen MR) is 136 cm³/mol. The van der Waals surface area contributed by atoms with Crippen LogP contribution in [0.1, 0.15) is 87.9 Å². The van der Waals surface area contributed by atoms with Crippen molar-refractivity contribution in [2.75, 3.05) is 6.61 Å². The molecule has 184 valence electrons. The molecule has 0 saturated heterocycles. The molecule has 1 aromatic carbocycles. The van der Waals surface area contributed by atoms with Crippen LogP contribution in [0.5, 0.6) is 5.75 Å². The van der Waals surface area contributed by atoms with E-state index in [4.69, 9.17) is 4.74 Å². The molecule has 0 aliphatic heterocycles. The number of benzene rings is 1. The Hall–Kier alpha value is -0.310. The molecule has 0 spiro atoms. The maximum absolute atomic E-state index is 12.6. The lowest BCUT2D eigenvalue weighted by Gasteiger charge is -2.15. The Labute approximate surface area is 216 Å². The van der Waals surface area contributed by atoms with Gasteiger partial charge in [0.2, 0.25) is 0 Å². The molecule has 0 aliphatic carbocycles. The number of rotatable bonds is 15. The Morgan fingerprint density at radius 3 is 1.94 bits per heavy atom. The number of ether oxygens (including phenoxy) is 1. The lowest BCUT2D eigenvalue weighted by molar-refractivity contribution is -0.0446. The number of halogens is 5. The quantitative estimate of drug-likeness (QED) is 0.156. The van der Waals surface area contributed by atoms with Gasteiger partial charge in [-0.2, -0.15) is 21.6 Å². The molecular formula is C21H30F3I2NO4S. The Morgan fingerprint density at radius 2 is 1.44 bits per heavy atom. The number of sulfonamides is 1. The molecule has 0 heterocycles. The Bertz CT molecular complexity index is 833. The average Bonchev–Trinajstić information content (AvgIpc) is 2.68. The number of carbonyl (C=O) groups is 1. The number of unbranched alkanes of at least 4 members (excludes halogenated alkanes) is 10. The fraction of sp³-hybridized carbons (Fsp3) is 0.667. The van der Waals surface area contributed by atoms with Gasteiger partial charge in [0.15, 0.2) is 0 Å². The average molecular weight is 703 g/mol. The van der Waals surface area contributed by atoms with E-state index in [2.05, 4.69) is 6.92 Å². The highest BCUT2D eigenvalue weighted by molar-refractivity contribution is 14.1. The van der Waals surface area contributed by atoms with E-state index in [1.807, 2.05) is 45.2 Å². The largest absolute Gasteiger partial charge is 0.516 e. The molecule has 1 rings (SSSR count). The van der Waals surface area contributed by atoms with Gasteiger partial charge in [-0.1, -0.05) is 71.1 Å². The minimum absolute atomic E-state index is 0.0907. The van der Waals surface area contributed by atoms with Crippen molar-refractivity contribution in [1.82, 2.24) is 4.72 Å². The van der Waals surface area contributed by atoms with E-state index in [9.17, 15) is 26.4 Å². The first-order chi connectivity index (χ1) is 15.0. The van der Waals surface area contributed by atoms with Crippen LogP contribution >= 0.6 is 45.2 Å². The number of nitrogens with one attached hydrogen (secondary N) is 1. The van der Waals surface area contributed by atoms with Crippen molar-refractivity contribution >= 4 is 61.1 Å². The second kappa shape index (κ2) is 14.8. The van der Waals surface area contributed by atoms with Crippen LogP contribution in [0.3, 0.4) is 0 Å². The zero-order valence-electron chi connectivity index (χ0n) is 18.1. The van der Waals surface area contributed by atoms with Crippen molar-refractivity contribution in [2.24, 2.45) is 0 Å². The number of amides is 1. The van der Waals surface area contributed by atoms with Gasteiger partial charge < -0.3 is 4.74 Å². The van der Waals surface area contributed by atoms with Crippen LogP contribution in [0.2, 0.25) is 0 Å². The van der Waals surface area contributed by atoms with E-state index in [0.29, 0.717) is 13.7 Å². The summed E-state index contributed by atoms with van der Waals surface area (Å²) in [5.41, 5.74) is -5.81. The first-order valence-corrected chi connectivity index (χ1v) is 14.4. The third kappa shape index (κ3) is 10.7. The van der Waals surface area contributed by atoms with Crippen LogP contribution in [0.15, 0.2) is 12.1 Å². The first-order valence-electron chi connectivity index (χ1n) is 10.7. The van der Waals surface area contributed by atoms with Gasteiger partial charge >= 0.3 is 15.5 Å². The van der Waals surface area contributed by atoms with E-state index >= 15 is 0 Å². The van der Waals surface area contributed by atoms with Crippen molar-refractivity contribution in [3.8, 4) is 5.75 Å². The second-order valence-corrected chi connectivity index (χ2v) is 11.6. The normalized spacial score (nSPS) is 12.1. The third-order valence-electron chi connectivity index (χ3n) is 4.78. The summed E-state index contributed by atoms with van der Waals surface area (Å²) in [6.45, 7) is 2.50. The summed E-state index contributed by atoms with van der Waals surface area (Å²) < 4.78 is 68.2. The molecule has 1 N–H and O–H groups in total. The zero-order chi connectivity index (χ0) is 24.2. The summed E-state index contributed by atoms with van der Waals surface area (Å²) in [7, 11) is -5.79. The Morgan fingerprint density at radius 1 is 0.938 bits per heavy atom. The van der Waals surface area contributed by atoms with Crippen molar-refractivity contribution in [3.63, 3.8) is 0 Å². The van der Waals surface area contributed by atoms with E-state index in [1.54, 1.807) is 6.07 Å². The van der Waals surface area contributed by atoms with Gasteiger partial charge in [0.05, 0.1) is 15.7 Å². The molecular weight excluding hydrogens is 673 g/mol. The third-order valence-corrected chi connectivity index (χ3v) is 7.27. The highest BCUT2D eigenvalue weighted by Gasteiger charge is 2.47. The molecule has 0 unspecified atom stereocenters. The molecule has 1 aromatic rings. The van der Waals surface area contributed by atoms with Crippen molar-refractivity contribution in [1.29, 1.82) is 0 Å². The molecule has 32 heavy (non-hydrogen) atoms. The fourth-order valence-electron chi connectivity index (χ4n) is 3.05. The van der Waals surface area contributed by atoms with Crippen LogP contribution in [0, 0.1) is 7.14 Å². The molecule has 0 radical (unpaired) electrons. The standard InChI is InChI=1S/C21H30F3I2NO4S/c1-2-3-4-5-6-7-8-9-10-11-12-13-31-19-17(14-16(25)15-18(19)26)20(28)27-32(29,30)21(22,23)24/h14-15H,2-13H2,1H3,(H,27,28). The molecule has 0 saturated carbocycles. The van der Waals surface area contributed by atoms with Crippen LogP contribution in [-0.2, 0) is 10.0 Å². The molecule has 0 bridgehead atoms. The van der Waals surface area contributed by atoms with Crippen molar-refractivity contribution in [2.45, 2.75) is 83.1 Å². The maximum atomic E-state index is 12.6. The summed E-state index contributed by atoms with van der Waals surface area (Å²) in [4.78, 5) is 12.3. The summed E-state index contributed by atoms with van der Waals surface area (Å²) in [6, 6.07) is 3.01. The zero-order valence-corrected chi connectivity index (χ0v) is 23.2. The number of hydrogen-bond acceptors (Lipinski definition) is 4. The van der Waals surface area contributed by atoms with Crippen LogP contribution in [0.4, 0.5) is 13.2 Å². The highest BCUT2D eigenvalue weighted by Crippen LogP contribution is 2.30. The van der Waals surface area contributed by atoms with E-state index in [-0.39, 0.29) is 11.3 Å². The number of carbonyl (C=O) groups excluding carboxylic acids is 1. The van der Waals surface area contributed by atoms with Gasteiger partial charge in [-0.25, -0.2) is 4.72 Å². The Balaban J connectivity index is 2.51. The predicted octanol–water partition coefficient (Wildman–Crippen LogP) is 7.17. The van der Waals surface area contributed by atoms with Crippen LogP contribution in [-0.4, -0.2) is 26.4 Å². The minimum Gasteiger partial charge on any atom is -0.492 e. The van der Waals surface area contributed by atoms with E-state index < -0.39 is 21.4 Å². The molecule has 1 amide bonds. The van der Waals surface area contributed by atoms with Gasteiger partial charge in [0, 0.05) is 3.57 Å². The second-order valence-electron chi connectivity index (χ2n) is 7.53. The molecule has 5 nitrogen and oxygen atoms in total. The van der Waals surface area contributed by atoms with Crippen molar-refractivity contribution in [3.05, 3.63) is 24.8 Å². The summed E-state index contributed by atoms with van der Waals surface area (Å²) in [5.74, 6) is -1.28. The first kappa shape index (κ1) is 29.7. The van der Waals surface area contributed by atoms with E-state index in [0.717, 1.165) is 30.4 Å². The van der Waals surface area contributed by atoms with Gasteiger partial charge in [0.1, 0.15) is 5.75 Å². The lowest BCUT2D eigenvalue weighted by Crippen LogP contribution is -2.40. The molecule has 11 heteroatoms. The van der Waals surface area contributed by atoms with Gasteiger partial charge in [0.25, 0.3) is 5.91 Å². The van der Waals surface area contributed by atoms with Gasteiger partial charge in [-0.05, 0) is 63.7 Å². The maximum Gasteiger partial charge on any atom is 0.516 e. The summed E-state index contributed by atoms with van der Waals surface area (Å²) >= 11 is 3.81. The lowest BCUT2D eigenvalue weighted by atomic mass is 10.1. The number of alkyl halides is 3. The SMILES string of the molecule is CCCCCCCCCCCCCOc1c(I)cc(I)cc1C(=O)NS(=O)(=O)C(F)(F)F. The van der Waals surface area contributed by atoms with Crippen molar-refractivity contribution < 1.29 is 31.1 Å². The molecule has 0 aliphatic rings. The van der Waals surface area contributed by atoms with Gasteiger partial charge in [-0.3, -0.25) is 4.79 Å². The summed E-state index contributed by atoms with van der Waals surface area (Å²) in [6.07, 6.45) is 12.8. The highest BCUT2D eigenvalue weighted by atomic mass is 127. The monoisotopic (exact) mass is 703 g/mol. The van der Waals surface area contributed by atoms with Crippen LogP contribution < -0.4 is 9.46 Å². The topological polar surface area (TPSA) is 72.5 Å². The Kier molecular flexibility index (Phi) is 13.8. The van der Waals surface area contributed by atoms with E-state index in [1.165, 1.54) is 51.0 Å². The molecule has 0 fully saturated rings. The van der Waals surface area contributed by atoms with Gasteiger partial charge in [-0.15, -0.1) is 0 Å². The summed E-state index contributed by atoms with van der Waals surface area (Å²) in [5, 5.41) is 0. The smallest absolute Gasteiger partial charge is 0.492 e.